The van der Waals surface area contributed by atoms with Crippen molar-refractivity contribution in [3.05, 3.63) is 70.2 Å². The van der Waals surface area contributed by atoms with Gasteiger partial charge in [0.1, 0.15) is 0 Å². The zero-order valence-electron chi connectivity index (χ0n) is 13.1. The Morgan fingerprint density at radius 2 is 2.08 bits per heavy atom. The lowest BCUT2D eigenvalue weighted by molar-refractivity contribution is -0.118. The average Bonchev–Trinajstić information content (AvgIpc) is 2.89. The zero-order valence-corrected chi connectivity index (χ0v) is 14.6. The van der Waals surface area contributed by atoms with Crippen LogP contribution in [0.15, 0.2) is 58.7 Å². The molecule has 0 radical (unpaired) electrons. The number of amides is 1. The number of hydrogen-bond donors (Lipinski definition) is 1. The summed E-state index contributed by atoms with van der Waals surface area (Å²) in [6, 6.07) is 15.6. The Balaban J connectivity index is 1.65. The molecule has 2 aromatic rings. The smallest absolute Gasteiger partial charge is 0.239 e. The molecule has 0 aromatic heterocycles. The molecule has 1 fully saturated rings. The van der Waals surface area contributed by atoms with Gasteiger partial charge in [-0.2, -0.15) is 5.10 Å². The molecule has 1 aliphatic rings. The second-order valence-electron chi connectivity index (χ2n) is 5.46. The van der Waals surface area contributed by atoms with Crippen molar-refractivity contribution >= 4 is 40.7 Å². The number of hydrogen-bond acceptors (Lipinski definition) is 4. The highest BCUT2D eigenvalue weighted by atomic mass is 35.5. The van der Waals surface area contributed by atoms with Gasteiger partial charge in [-0.05, 0) is 25.0 Å². The maximum Gasteiger partial charge on any atom is 0.239 e. The number of benzene rings is 2. The standard InChI is InChI=1S/C18H16ClN3OS/c1-12-5-4-6-13(9-12)10-16-17(23)21-18(24-16)22-20-11-14-7-2-3-8-15(14)19/h2-9,11,16H,10H2,1H3,(H,21,22,23). The number of rotatable bonds is 4. The summed E-state index contributed by atoms with van der Waals surface area (Å²) in [5, 5.41) is 11.8. The fourth-order valence-corrected chi connectivity index (χ4v) is 3.51. The van der Waals surface area contributed by atoms with E-state index >= 15 is 0 Å². The first-order valence-electron chi connectivity index (χ1n) is 7.50. The molecule has 1 unspecified atom stereocenters. The zero-order chi connectivity index (χ0) is 16.9. The van der Waals surface area contributed by atoms with Crippen molar-refractivity contribution in [2.45, 2.75) is 18.6 Å². The van der Waals surface area contributed by atoms with Gasteiger partial charge in [-0.25, -0.2) is 0 Å². The fraction of sp³-hybridized carbons (Fsp3) is 0.167. The summed E-state index contributed by atoms with van der Waals surface area (Å²) >= 11 is 7.46. The highest BCUT2D eigenvalue weighted by molar-refractivity contribution is 8.15. The van der Waals surface area contributed by atoms with Gasteiger partial charge in [0.15, 0.2) is 5.17 Å². The van der Waals surface area contributed by atoms with Crippen molar-refractivity contribution in [2.75, 3.05) is 0 Å². The van der Waals surface area contributed by atoms with Crippen molar-refractivity contribution in [3.8, 4) is 0 Å². The second-order valence-corrected chi connectivity index (χ2v) is 7.06. The van der Waals surface area contributed by atoms with Gasteiger partial charge < -0.3 is 5.32 Å². The predicted molar refractivity (Wildman–Crippen MR) is 101 cm³/mol. The number of halogens is 1. The van der Waals surface area contributed by atoms with E-state index in [1.165, 1.54) is 17.3 Å². The molecule has 1 N–H and O–H groups in total. The average molecular weight is 358 g/mol. The second kappa shape index (κ2) is 7.64. The van der Waals surface area contributed by atoms with Crippen LogP contribution in [0.25, 0.3) is 0 Å². The summed E-state index contributed by atoms with van der Waals surface area (Å²) in [4.78, 5) is 12.1. The summed E-state index contributed by atoms with van der Waals surface area (Å²) < 4.78 is 0. The summed E-state index contributed by atoms with van der Waals surface area (Å²) in [5.41, 5.74) is 3.12. The molecule has 1 heterocycles. The van der Waals surface area contributed by atoms with E-state index in [0.29, 0.717) is 16.6 Å². The molecule has 0 bridgehead atoms. The molecular formula is C18H16ClN3OS. The fourth-order valence-electron chi connectivity index (χ4n) is 2.36. The van der Waals surface area contributed by atoms with Gasteiger partial charge in [0.05, 0.1) is 11.5 Å². The highest BCUT2D eigenvalue weighted by Crippen LogP contribution is 2.23. The van der Waals surface area contributed by atoms with E-state index in [1.807, 2.05) is 43.3 Å². The van der Waals surface area contributed by atoms with E-state index in [1.54, 1.807) is 12.3 Å². The van der Waals surface area contributed by atoms with E-state index in [4.69, 9.17) is 11.6 Å². The minimum Gasteiger partial charge on any atom is -0.303 e. The summed E-state index contributed by atoms with van der Waals surface area (Å²) in [7, 11) is 0. The molecule has 3 rings (SSSR count). The van der Waals surface area contributed by atoms with Gasteiger partial charge in [-0.3, -0.25) is 4.79 Å². The van der Waals surface area contributed by atoms with Gasteiger partial charge in [-0.1, -0.05) is 71.4 Å². The molecule has 0 aliphatic carbocycles. The summed E-state index contributed by atoms with van der Waals surface area (Å²) in [6.45, 7) is 2.04. The Morgan fingerprint density at radius 1 is 1.25 bits per heavy atom. The molecule has 6 heteroatoms. The van der Waals surface area contributed by atoms with E-state index in [-0.39, 0.29) is 11.2 Å². The van der Waals surface area contributed by atoms with Crippen molar-refractivity contribution in [1.29, 1.82) is 0 Å². The third-order valence-corrected chi connectivity index (χ3v) is 4.95. The molecule has 1 aliphatic heterocycles. The Hall–Kier alpha value is -2.11. The number of thioether (sulfide) groups is 1. The molecule has 122 valence electrons. The lowest BCUT2D eigenvalue weighted by atomic mass is 10.1. The van der Waals surface area contributed by atoms with Crippen LogP contribution in [0.3, 0.4) is 0 Å². The minimum atomic E-state index is -0.180. The lowest BCUT2D eigenvalue weighted by Crippen LogP contribution is -2.25. The monoisotopic (exact) mass is 357 g/mol. The predicted octanol–water partition coefficient (Wildman–Crippen LogP) is 3.81. The first kappa shape index (κ1) is 16.7. The molecule has 1 amide bonds. The van der Waals surface area contributed by atoms with Crippen LogP contribution in [0.4, 0.5) is 0 Å². The topological polar surface area (TPSA) is 53.8 Å². The number of carbonyl (C=O) groups excluding carboxylic acids is 1. The highest BCUT2D eigenvalue weighted by Gasteiger charge is 2.30. The quantitative estimate of drug-likeness (QED) is 0.668. The van der Waals surface area contributed by atoms with Gasteiger partial charge in [0.25, 0.3) is 0 Å². The van der Waals surface area contributed by atoms with Crippen LogP contribution in [0.5, 0.6) is 0 Å². The first-order chi connectivity index (χ1) is 11.6. The van der Waals surface area contributed by atoms with E-state index < -0.39 is 0 Å². The summed E-state index contributed by atoms with van der Waals surface area (Å²) in [6.07, 6.45) is 2.25. The first-order valence-corrected chi connectivity index (χ1v) is 8.76. The number of carbonyl (C=O) groups is 1. The Labute approximate surface area is 150 Å². The van der Waals surface area contributed by atoms with Crippen LogP contribution in [0, 0.1) is 6.92 Å². The maximum atomic E-state index is 12.1. The number of nitrogens with one attached hydrogen (secondary N) is 1. The lowest BCUT2D eigenvalue weighted by Gasteiger charge is -2.05. The maximum absolute atomic E-state index is 12.1. The molecule has 1 saturated heterocycles. The van der Waals surface area contributed by atoms with Crippen LogP contribution < -0.4 is 5.32 Å². The molecule has 0 spiro atoms. The van der Waals surface area contributed by atoms with E-state index in [0.717, 1.165) is 11.1 Å². The van der Waals surface area contributed by atoms with Crippen molar-refractivity contribution in [1.82, 2.24) is 5.32 Å². The minimum absolute atomic E-state index is 0.0341. The molecular weight excluding hydrogens is 342 g/mol. The third-order valence-electron chi connectivity index (χ3n) is 3.53. The molecule has 24 heavy (non-hydrogen) atoms. The van der Waals surface area contributed by atoms with Crippen molar-refractivity contribution in [2.24, 2.45) is 10.2 Å². The number of amidine groups is 1. The molecule has 1 atom stereocenters. The molecule has 4 nitrogen and oxygen atoms in total. The van der Waals surface area contributed by atoms with Gasteiger partial charge in [0, 0.05) is 10.6 Å². The van der Waals surface area contributed by atoms with Gasteiger partial charge in [-0.15, -0.1) is 5.10 Å². The Kier molecular flexibility index (Phi) is 5.33. The third kappa shape index (κ3) is 4.24. The van der Waals surface area contributed by atoms with E-state index in [2.05, 4.69) is 21.6 Å². The largest absolute Gasteiger partial charge is 0.303 e. The van der Waals surface area contributed by atoms with Crippen LogP contribution in [-0.2, 0) is 11.2 Å². The molecule has 0 saturated carbocycles. The van der Waals surface area contributed by atoms with Crippen LogP contribution >= 0.6 is 23.4 Å². The molecule has 2 aromatic carbocycles. The Morgan fingerprint density at radius 3 is 2.88 bits per heavy atom. The van der Waals surface area contributed by atoms with Crippen molar-refractivity contribution in [3.63, 3.8) is 0 Å². The normalized spacial score (nSPS) is 19.2. The number of aryl methyl sites for hydroxylation is 1. The summed E-state index contributed by atoms with van der Waals surface area (Å²) in [5.74, 6) is -0.0341. The number of nitrogens with zero attached hydrogens (tertiary/aromatic N) is 2. The van der Waals surface area contributed by atoms with Crippen LogP contribution in [0.1, 0.15) is 16.7 Å². The van der Waals surface area contributed by atoms with Crippen molar-refractivity contribution < 1.29 is 4.79 Å². The van der Waals surface area contributed by atoms with Crippen LogP contribution in [-0.4, -0.2) is 22.5 Å². The van der Waals surface area contributed by atoms with E-state index in [9.17, 15) is 4.79 Å². The Bertz CT molecular complexity index is 819. The van der Waals surface area contributed by atoms with Gasteiger partial charge in [0.2, 0.25) is 5.91 Å². The van der Waals surface area contributed by atoms with Crippen LogP contribution in [0.2, 0.25) is 5.02 Å². The SMILES string of the molecule is Cc1cccc(CC2S/C(=N\N=Cc3ccccc3Cl)NC2=O)c1. The van der Waals surface area contributed by atoms with Gasteiger partial charge >= 0.3 is 0 Å².